The van der Waals surface area contributed by atoms with Gasteiger partial charge in [-0.3, -0.25) is 4.79 Å². The van der Waals surface area contributed by atoms with E-state index >= 15 is 0 Å². The Labute approximate surface area is 242 Å². The van der Waals surface area contributed by atoms with Crippen molar-refractivity contribution in [3.05, 3.63) is 11.6 Å². The Hall–Kier alpha value is -0.790. The molecule has 0 heterocycles. The molecular formula is C37H64O2. The minimum absolute atomic E-state index is 0.0550. The lowest BCUT2D eigenvalue weighted by molar-refractivity contribution is -0.151. The predicted molar refractivity (Wildman–Crippen MR) is 166 cm³/mol. The molecule has 0 aliphatic heterocycles. The summed E-state index contributed by atoms with van der Waals surface area (Å²) in [6.07, 6.45) is 26.7. The second-order valence-corrected chi connectivity index (χ2v) is 15.5. The van der Waals surface area contributed by atoms with Gasteiger partial charge in [0.05, 0.1) is 0 Å². The Morgan fingerprint density at radius 2 is 1.64 bits per heavy atom. The molecule has 0 N–H and O–H groups in total. The highest BCUT2D eigenvalue weighted by Crippen LogP contribution is 2.67. The molecule has 3 fully saturated rings. The molecule has 39 heavy (non-hydrogen) atoms. The van der Waals surface area contributed by atoms with E-state index in [1.54, 1.807) is 5.57 Å². The maximum Gasteiger partial charge on any atom is 0.306 e. The van der Waals surface area contributed by atoms with Crippen LogP contribution in [-0.2, 0) is 9.53 Å². The van der Waals surface area contributed by atoms with Crippen molar-refractivity contribution in [1.82, 2.24) is 0 Å². The molecule has 0 radical (unpaired) electrons. The van der Waals surface area contributed by atoms with E-state index in [1.807, 2.05) is 0 Å². The van der Waals surface area contributed by atoms with E-state index in [0.717, 1.165) is 54.8 Å². The summed E-state index contributed by atoms with van der Waals surface area (Å²) in [5, 5.41) is 0. The van der Waals surface area contributed by atoms with Crippen molar-refractivity contribution in [3.8, 4) is 0 Å². The summed E-state index contributed by atoms with van der Waals surface area (Å²) in [6.45, 7) is 14.9. The largest absolute Gasteiger partial charge is 0.462 e. The van der Waals surface area contributed by atoms with E-state index in [0.29, 0.717) is 17.3 Å². The molecule has 224 valence electrons. The van der Waals surface area contributed by atoms with Crippen molar-refractivity contribution in [3.63, 3.8) is 0 Å². The van der Waals surface area contributed by atoms with Crippen molar-refractivity contribution >= 4 is 5.97 Å². The molecule has 0 unspecified atom stereocenters. The van der Waals surface area contributed by atoms with E-state index in [-0.39, 0.29) is 12.1 Å². The van der Waals surface area contributed by atoms with Gasteiger partial charge in [0, 0.05) is 12.8 Å². The van der Waals surface area contributed by atoms with Gasteiger partial charge in [-0.25, -0.2) is 0 Å². The van der Waals surface area contributed by atoms with Crippen LogP contribution in [0.3, 0.4) is 0 Å². The maximum absolute atomic E-state index is 12.6. The topological polar surface area (TPSA) is 26.3 Å². The van der Waals surface area contributed by atoms with E-state index in [2.05, 4.69) is 47.6 Å². The van der Waals surface area contributed by atoms with Gasteiger partial charge in [-0.05, 0) is 97.7 Å². The predicted octanol–water partition coefficient (Wildman–Crippen LogP) is 11.1. The Bertz CT molecular complexity index is 812. The second kappa shape index (κ2) is 13.9. The van der Waals surface area contributed by atoms with Gasteiger partial charge < -0.3 is 4.74 Å². The van der Waals surface area contributed by atoms with Crippen molar-refractivity contribution < 1.29 is 9.53 Å². The van der Waals surface area contributed by atoms with Crippen LogP contribution in [-0.4, -0.2) is 12.1 Å². The van der Waals surface area contributed by atoms with Gasteiger partial charge in [-0.2, -0.15) is 0 Å². The summed E-state index contributed by atoms with van der Waals surface area (Å²) < 4.78 is 6.06. The fraction of sp³-hybridized carbons (Fsp3) is 0.919. The van der Waals surface area contributed by atoms with Gasteiger partial charge in [0.15, 0.2) is 0 Å². The number of fused-ring (bicyclic) bond motifs is 5. The van der Waals surface area contributed by atoms with Crippen LogP contribution in [0.25, 0.3) is 0 Å². The molecule has 0 aromatic carbocycles. The Morgan fingerprint density at radius 1 is 0.897 bits per heavy atom. The zero-order chi connectivity index (χ0) is 28.0. The van der Waals surface area contributed by atoms with Crippen LogP contribution in [0.1, 0.15) is 164 Å². The maximum atomic E-state index is 12.6. The molecule has 3 saturated carbocycles. The molecular weight excluding hydrogens is 476 g/mol. The average Bonchev–Trinajstić information content (AvgIpc) is 3.25. The molecule has 0 aromatic heterocycles. The number of hydrogen-bond acceptors (Lipinski definition) is 2. The third-order valence-corrected chi connectivity index (χ3v) is 12.5. The van der Waals surface area contributed by atoms with Gasteiger partial charge in [0.1, 0.15) is 6.10 Å². The molecule has 4 rings (SSSR count). The second-order valence-electron chi connectivity index (χ2n) is 15.5. The number of carbonyl (C=O) groups is 1. The molecule has 0 amide bonds. The van der Waals surface area contributed by atoms with Crippen molar-refractivity contribution in [2.45, 2.75) is 170 Å². The first-order chi connectivity index (χ1) is 18.7. The normalized spacial score (nSPS) is 36.6. The van der Waals surface area contributed by atoms with Gasteiger partial charge in [-0.15, -0.1) is 0 Å². The Kier molecular flexibility index (Phi) is 11.1. The molecule has 4 aliphatic rings. The molecule has 2 heteroatoms. The lowest BCUT2D eigenvalue weighted by atomic mass is 9.47. The number of hydrogen-bond donors (Lipinski definition) is 0. The van der Waals surface area contributed by atoms with Crippen LogP contribution in [0.15, 0.2) is 11.6 Å². The van der Waals surface area contributed by atoms with E-state index in [4.69, 9.17) is 4.74 Å². The van der Waals surface area contributed by atoms with E-state index < -0.39 is 0 Å². The van der Waals surface area contributed by atoms with Crippen molar-refractivity contribution in [2.24, 2.45) is 46.3 Å². The first-order valence-electron chi connectivity index (χ1n) is 17.6. The first kappa shape index (κ1) is 31.2. The van der Waals surface area contributed by atoms with Gasteiger partial charge >= 0.3 is 5.97 Å². The van der Waals surface area contributed by atoms with Gasteiger partial charge in [0.2, 0.25) is 0 Å². The van der Waals surface area contributed by atoms with Crippen molar-refractivity contribution in [1.29, 1.82) is 0 Å². The molecule has 8 atom stereocenters. The molecule has 0 aromatic rings. The smallest absolute Gasteiger partial charge is 0.306 e. The van der Waals surface area contributed by atoms with Crippen LogP contribution >= 0.6 is 0 Å². The highest BCUT2D eigenvalue weighted by molar-refractivity contribution is 5.69. The monoisotopic (exact) mass is 540 g/mol. The zero-order valence-corrected chi connectivity index (χ0v) is 26.9. The van der Waals surface area contributed by atoms with Crippen LogP contribution < -0.4 is 0 Å². The fourth-order valence-electron chi connectivity index (χ4n) is 10.2. The van der Waals surface area contributed by atoms with Crippen LogP contribution in [0, 0.1) is 46.3 Å². The third kappa shape index (κ3) is 7.17. The minimum Gasteiger partial charge on any atom is -0.462 e. The van der Waals surface area contributed by atoms with Gasteiger partial charge in [-0.1, -0.05) is 111 Å². The Morgan fingerprint density at radius 3 is 2.38 bits per heavy atom. The van der Waals surface area contributed by atoms with Crippen LogP contribution in [0.4, 0.5) is 0 Å². The number of allylic oxidation sites excluding steroid dienone is 1. The SMILES string of the molecule is CCCCCCCCCC(=O)O[C@H]1CC[C@@]2(C)C(=CC[C@H]3[C@@H]4CC[C@H]([C@@H](C)CCCC(C)C)[C@@]4(C)CC[C@@H]32)C1. The van der Waals surface area contributed by atoms with Gasteiger partial charge in [0.25, 0.3) is 0 Å². The summed E-state index contributed by atoms with van der Waals surface area (Å²) in [6, 6.07) is 0. The number of carbonyl (C=O) groups excluding carboxylic acids is 1. The summed E-state index contributed by atoms with van der Waals surface area (Å²) >= 11 is 0. The summed E-state index contributed by atoms with van der Waals surface area (Å²) in [5.41, 5.74) is 2.54. The molecule has 0 spiro atoms. The highest BCUT2D eigenvalue weighted by atomic mass is 16.5. The first-order valence-corrected chi connectivity index (χ1v) is 17.6. The van der Waals surface area contributed by atoms with E-state index in [9.17, 15) is 4.79 Å². The van der Waals surface area contributed by atoms with E-state index in [1.165, 1.54) is 96.3 Å². The molecule has 0 saturated heterocycles. The summed E-state index contributed by atoms with van der Waals surface area (Å²) in [7, 11) is 0. The third-order valence-electron chi connectivity index (χ3n) is 12.5. The summed E-state index contributed by atoms with van der Waals surface area (Å²) in [4.78, 5) is 12.6. The number of esters is 1. The standard InChI is InChI=1S/C37H64O2/c1-7-8-9-10-11-12-13-17-35(38)39-30-22-24-36(5)29(26-30)18-19-31-33-21-20-32(28(4)16-14-15-27(2)3)37(33,6)25-23-34(31)36/h18,27-28,30-34H,7-17,19-26H2,1-6H3/t28-,30-,31-,32+,33-,34-,36-,37+/m0/s1. The fourth-order valence-corrected chi connectivity index (χ4v) is 10.2. The summed E-state index contributed by atoms with van der Waals surface area (Å²) in [5.74, 6) is 5.34. The quantitative estimate of drug-likeness (QED) is 0.124. The van der Waals surface area contributed by atoms with Crippen molar-refractivity contribution in [2.75, 3.05) is 0 Å². The number of rotatable bonds is 14. The van der Waals surface area contributed by atoms with Crippen LogP contribution in [0.2, 0.25) is 0 Å². The molecule has 0 bridgehead atoms. The number of unbranched alkanes of at least 4 members (excludes halogenated alkanes) is 6. The minimum atomic E-state index is 0.0550. The highest BCUT2D eigenvalue weighted by Gasteiger charge is 2.59. The lowest BCUT2D eigenvalue weighted by Crippen LogP contribution is -2.51. The zero-order valence-electron chi connectivity index (χ0n) is 26.9. The number of ether oxygens (including phenoxy) is 1. The van der Waals surface area contributed by atoms with Crippen LogP contribution in [0.5, 0.6) is 0 Å². The molecule has 4 aliphatic carbocycles. The Balaban J connectivity index is 1.29. The molecule has 2 nitrogen and oxygen atoms in total. The average molecular weight is 541 g/mol. The lowest BCUT2D eigenvalue weighted by Gasteiger charge is -2.58.